The number of benzene rings is 1. The molecule has 0 aliphatic rings. The number of aliphatic hydroxyl groups is 1. The van der Waals surface area contributed by atoms with Gasteiger partial charge in [0.25, 0.3) is 0 Å². The zero-order chi connectivity index (χ0) is 11.3. The Kier molecular flexibility index (Phi) is 4.31. The Bertz CT molecular complexity index is 345. The summed E-state index contributed by atoms with van der Waals surface area (Å²) in [6, 6.07) is 5.35. The molecule has 0 saturated heterocycles. The summed E-state index contributed by atoms with van der Waals surface area (Å²) in [7, 11) is 0. The fourth-order valence-electron chi connectivity index (χ4n) is 1.39. The summed E-state index contributed by atoms with van der Waals surface area (Å²) in [5, 5.41) is 8.60. The van der Waals surface area contributed by atoms with Crippen molar-refractivity contribution in [2.75, 3.05) is 13.2 Å². The average Bonchev–Trinajstić information content (AvgIpc) is 2.25. The highest BCUT2D eigenvalue weighted by atomic mass is 16.5. The first kappa shape index (κ1) is 11.7. The van der Waals surface area contributed by atoms with Crippen molar-refractivity contribution in [2.45, 2.75) is 20.3 Å². The number of carbonyl (C=O) groups excluding carboxylic acids is 1. The molecule has 0 heterocycles. The van der Waals surface area contributed by atoms with E-state index < -0.39 is 0 Å². The first-order valence-electron chi connectivity index (χ1n) is 5.06. The first-order valence-corrected chi connectivity index (χ1v) is 5.06. The predicted octanol–water partition coefficient (Wildman–Crippen LogP) is 1.96. The highest BCUT2D eigenvalue weighted by Gasteiger charge is 2.07. The number of ketones is 1. The Morgan fingerprint density at radius 1 is 1.47 bits per heavy atom. The number of carbonyl (C=O) groups is 1. The van der Waals surface area contributed by atoms with Gasteiger partial charge in [0.2, 0.25) is 0 Å². The molecule has 0 aliphatic carbocycles. The van der Waals surface area contributed by atoms with Gasteiger partial charge in [-0.25, -0.2) is 0 Å². The number of hydrogen-bond acceptors (Lipinski definition) is 3. The van der Waals surface area contributed by atoms with Crippen LogP contribution in [-0.4, -0.2) is 24.1 Å². The lowest BCUT2D eigenvalue weighted by Crippen LogP contribution is -2.04. The minimum Gasteiger partial charge on any atom is -0.491 e. The highest BCUT2D eigenvalue weighted by Crippen LogP contribution is 2.18. The van der Waals surface area contributed by atoms with Crippen molar-refractivity contribution in [3.05, 3.63) is 29.3 Å². The van der Waals surface area contributed by atoms with Crippen molar-refractivity contribution in [1.82, 2.24) is 0 Å². The van der Waals surface area contributed by atoms with Crippen LogP contribution in [0, 0.1) is 6.92 Å². The topological polar surface area (TPSA) is 46.5 Å². The van der Waals surface area contributed by atoms with E-state index in [0.29, 0.717) is 12.2 Å². The smallest absolute Gasteiger partial charge is 0.162 e. The molecule has 0 bridgehead atoms. The van der Waals surface area contributed by atoms with E-state index in [9.17, 15) is 4.79 Å². The molecule has 1 N–H and O–H groups in total. The monoisotopic (exact) mass is 208 g/mol. The normalized spacial score (nSPS) is 10.1. The number of aryl methyl sites for hydroxylation is 1. The number of rotatable bonds is 5. The van der Waals surface area contributed by atoms with Gasteiger partial charge in [0, 0.05) is 12.0 Å². The van der Waals surface area contributed by atoms with Gasteiger partial charge < -0.3 is 9.84 Å². The van der Waals surface area contributed by atoms with Crippen molar-refractivity contribution in [1.29, 1.82) is 0 Å². The molecule has 15 heavy (non-hydrogen) atoms. The van der Waals surface area contributed by atoms with E-state index in [1.807, 2.05) is 19.9 Å². The minimum atomic E-state index is -0.00527. The van der Waals surface area contributed by atoms with Crippen LogP contribution in [0.15, 0.2) is 18.2 Å². The van der Waals surface area contributed by atoms with E-state index in [-0.39, 0.29) is 19.0 Å². The number of ether oxygens (including phenoxy) is 1. The van der Waals surface area contributed by atoms with Crippen molar-refractivity contribution >= 4 is 5.78 Å². The fourth-order valence-corrected chi connectivity index (χ4v) is 1.39. The lowest BCUT2D eigenvalue weighted by atomic mass is 10.0. The summed E-state index contributed by atoms with van der Waals surface area (Å²) >= 11 is 0. The van der Waals surface area contributed by atoms with Crippen LogP contribution in [0.3, 0.4) is 0 Å². The van der Waals surface area contributed by atoms with Crippen LogP contribution in [0.25, 0.3) is 0 Å². The molecule has 0 aromatic heterocycles. The molecular weight excluding hydrogens is 192 g/mol. The lowest BCUT2D eigenvalue weighted by molar-refractivity contribution is 0.0987. The molecule has 3 nitrogen and oxygen atoms in total. The zero-order valence-corrected chi connectivity index (χ0v) is 9.12. The van der Waals surface area contributed by atoms with Crippen LogP contribution < -0.4 is 4.74 Å². The Labute approximate surface area is 89.7 Å². The quantitative estimate of drug-likeness (QED) is 0.752. The van der Waals surface area contributed by atoms with Crippen LogP contribution >= 0.6 is 0 Å². The van der Waals surface area contributed by atoms with E-state index in [0.717, 1.165) is 11.1 Å². The Balaban J connectivity index is 2.83. The molecule has 1 aromatic rings. The van der Waals surface area contributed by atoms with Gasteiger partial charge in [0.15, 0.2) is 5.78 Å². The van der Waals surface area contributed by atoms with E-state index in [2.05, 4.69) is 0 Å². The van der Waals surface area contributed by atoms with Crippen molar-refractivity contribution in [3.63, 3.8) is 0 Å². The summed E-state index contributed by atoms with van der Waals surface area (Å²) in [6.07, 6.45) is 0.512. The van der Waals surface area contributed by atoms with Gasteiger partial charge in [-0.1, -0.05) is 6.92 Å². The SMILES string of the molecule is CCC(=O)c1ccc(OCCO)cc1C. The van der Waals surface area contributed by atoms with Crippen molar-refractivity contribution in [2.24, 2.45) is 0 Å². The molecule has 1 aromatic carbocycles. The third-order valence-corrected chi connectivity index (χ3v) is 2.18. The summed E-state index contributed by atoms with van der Waals surface area (Å²) < 4.78 is 5.24. The third kappa shape index (κ3) is 3.06. The van der Waals surface area contributed by atoms with Crippen LogP contribution in [0.1, 0.15) is 29.3 Å². The van der Waals surface area contributed by atoms with Gasteiger partial charge in [-0.3, -0.25) is 4.79 Å². The van der Waals surface area contributed by atoms with Gasteiger partial charge in [0.1, 0.15) is 12.4 Å². The maximum Gasteiger partial charge on any atom is 0.162 e. The standard InChI is InChI=1S/C12H16O3/c1-3-12(14)11-5-4-10(8-9(11)2)15-7-6-13/h4-5,8,13H,3,6-7H2,1-2H3. The minimum absolute atomic E-state index is 0.00527. The third-order valence-electron chi connectivity index (χ3n) is 2.18. The molecule has 0 radical (unpaired) electrons. The molecule has 3 heteroatoms. The second-order valence-electron chi connectivity index (χ2n) is 3.33. The summed E-state index contributed by atoms with van der Waals surface area (Å²) in [4.78, 5) is 11.5. The molecular formula is C12H16O3. The predicted molar refractivity (Wildman–Crippen MR) is 58.4 cm³/mol. The second-order valence-corrected chi connectivity index (χ2v) is 3.33. The van der Waals surface area contributed by atoms with Crippen LogP contribution in [0.5, 0.6) is 5.75 Å². The highest BCUT2D eigenvalue weighted by molar-refractivity contribution is 5.97. The largest absolute Gasteiger partial charge is 0.491 e. The zero-order valence-electron chi connectivity index (χ0n) is 9.12. The van der Waals surface area contributed by atoms with Crippen molar-refractivity contribution < 1.29 is 14.6 Å². The number of Topliss-reactive ketones (excluding diaryl/α,β-unsaturated/α-hetero) is 1. The number of aliphatic hydroxyl groups excluding tert-OH is 1. The molecule has 82 valence electrons. The fraction of sp³-hybridized carbons (Fsp3) is 0.417. The van der Waals surface area contributed by atoms with Gasteiger partial charge in [0.05, 0.1) is 6.61 Å². The lowest BCUT2D eigenvalue weighted by Gasteiger charge is -2.08. The maximum atomic E-state index is 11.5. The molecule has 0 fully saturated rings. The van der Waals surface area contributed by atoms with Gasteiger partial charge in [-0.2, -0.15) is 0 Å². The van der Waals surface area contributed by atoms with E-state index >= 15 is 0 Å². The molecule has 0 spiro atoms. The number of hydrogen-bond donors (Lipinski definition) is 1. The van der Waals surface area contributed by atoms with Crippen LogP contribution in [0.2, 0.25) is 0 Å². The Morgan fingerprint density at radius 3 is 2.73 bits per heavy atom. The summed E-state index contributed by atoms with van der Waals surface area (Å²) in [5.74, 6) is 0.829. The van der Waals surface area contributed by atoms with Crippen LogP contribution in [0.4, 0.5) is 0 Å². The van der Waals surface area contributed by atoms with Gasteiger partial charge in [-0.15, -0.1) is 0 Å². The molecule has 0 amide bonds. The molecule has 0 aliphatic heterocycles. The molecule has 0 atom stereocenters. The maximum absolute atomic E-state index is 11.5. The van der Waals surface area contributed by atoms with E-state index in [1.165, 1.54) is 0 Å². The Morgan fingerprint density at radius 2 is 2.20 bits per heavy atom. The average molecular weight is 208 g/mol. The molecule has 0 saturated carbocycles. The Hall–Kier alpha value is -1.35. The van der Waals surface area contributed by atoms with Gasteiger partial charge >= 0.3 is 0 Å². The van der Waals surface area contributed by atoms with E-state index in [4.69, 9.17) is 9.84 Å². The van der Waals surface area contributed by atoms with Crippen molar-refractivity contribution in [3.8, 4) is 5.75 Å². The molecule has 0 unspecified atom stereocenters. The van der Waals surface area contributed by atoms with Gasteiger partial charge in [-0.05, 0) is 30.7 Å². The van der Waals surface area contributed by atoms with E-state index in [1.54, 1.807) is 12.1 Å². The summed E-state index contributed by atoms with van der Waals surface area (Å²) in [6.45, 7) is 4.00. The summed E-state index contributed by atoms with van der Waals surface area (Å²) in [5.41, 5.74) is 1.66. The van der Waals surface area contributed by atoms with Crippen LogP contribution in [-0.2, 0) is 0 Å². The first-order chi connectivity index (χ1) is 7.19. The second kappa shape index (κ2) is 5.51. The molecule has 1 rings (SSSR count).